The van der Waals surface area contributed by atoms with Crippen LogP contribution < -0.4 is 5.32 Å². The van der Waals surface area contributed by atoms with Gasteiger partial charge in [-0.3, -0.25) is 0 Å². The van der Waals surface area contributed by atoms with Gasteiger partial charge in [0.25, 0.3) is 0 Å². The summed E-state index contributed by atoms with van der Waals surface area (Å²) in [5.41, 5.74) is 1.24. The molecule has 2 heteroatoms. The molecule has 17 heavy (non-hydrogen) atoms. The van der Waals surface area contributed by atoms with Gasteiger partial charge in [0.05, 0.1) is 0 Å². The van der Waals surface area contributed by atoms with Crippen LogP contribution in [0.3, 0.4) is 0 Å². The maximum absolute atomic E-state index is 6.17. The molecule has 0 radical (unpaired) electrons. The first-order valence-corrected chi connectivity index (χ1v) is 7.04. The van der Waals surface area contributed by atoms with Crippen molar-refractivity contribution in [2.75, 3.05) is 0 Å². The molecule has 1 rings (SSSR count). The summed E-state index contributed by atoms with van der Waals surface area (Å²) in [5, 5.41) is 4.56. The topological polar surface area (TPSA) is 12.0 Å². The lowest BCUT2D eigenvalue weighted by molar-refractivity contribution is 0.408. The maximum atomic E-state index is 6.17. The molecule has 0 aliphatic heterocycles. The van der Waals surface area contributed by atoms with Gasteiger partial charge in [0, 0.05) is 17.1 Å². The SMILES string of the molecule is CCCC(CC)NC(C)Cc1ccccc1Cl. The number of rotatable bonds is 7. The van der Waals surface area contributed by atoms with Crippen molar-refractivity contribution in [2.45, 2.75) is 58.5 Å². The van der Waals surface area contributed by atoms with E-state index in [-0.39, 0.29) is 0 Å². The lowest BCUT2D eigenvalue weighted by Crippen LogP contribution is -2.37. The predicted octanol–water partition coefficient (Wildman–Crippen LogP) is 4.44. The minimum Gasteiger partial charge on any atom is -0.311 e. The smallest absolute Gasteiger partial charge is 0.0438 e. The Morgan fingerprint density at radius 3 is 2.53 bits per heavy atom. The second-order valence-electron chi connectivity index (χ2n) is 4.76. The van der Waals surface area contributed by atoms with Crippen LogP contribution in [0.15, 0.2) is 24.3 Å². The first-order chi connectivity index (χ1) is 8.17. The van der Waals surface area contributed by atoms with Crippen LogP contribution in [0.5, 0.6) is 0 Å². The number of nitrogens with one attached hydrogen (secondary N) is 1. The molecule has 2 unspecified atom stereocenters. The van der Waals surface area contributed by atoms with Gasteiger partial charge in [-0.15, -0.1) is 0 Å². The standard InChI is InChI=1S/C15H24ClN/c1-4-8-14(5-2)17-12(3)11-13-9-6-7-10-15(13)16/h6-7,9-10,12,14,17H,4-5,8,11H2,1-3H3. The highest BCUT2D eigenvalue weighted by atomic mass is 35.5. The van der Waals surface area contributed by atoms with Crippen molar-refractivity contribution in [1.29, 1.82) is 0 Å². The molecule has 2 atom stereocenters. The van der Waals surface area contributed by atoms with E-state index in [2.05, 4.69) is 38.2 Å². The summed E-state index contributed by atoms with van der Waals surface area (Å²) in [4.78, 5) is 0. The normalized spacial score (nSPS) is 14.6. The fourth-order valence-corrected chi connectivity index (χ4v) is 2.42. The molecule has 96 valence electrons. The van der Waals surface area contributed by atoms with E-state index in [1.807, 2.05) is 12.1 Å². The molecule has 1 aromatic rings. The Labute approximate surface area is 111 Å². The predicted molar refractivity (Wildman–Crippen MR) is 76.7 cm³/mol. The summed E-state index contributed by atoms with van der Waals surface area (Å²) in [7, 11) is 0. The Morgan fingerprint density at radius 1 is 1.24 bits per heavy atom. The second kappa shape index (κ2) is 7.73. The van der Waals surface area contributed by atoms with Gasteiger partial charge in [-0.25, -0.2) is 0 Å². The van der Waals surface area contributed by atoms with Gasteiger partial charge in [0.2, 0.25) is 0 Å². The molecule has 0 aliphatic rings. The third-order valence-corrected chi connectivity index (χ3v) is 3.50. The average Bonchev–Trinajstić information content (AvgIpc) is 2.31. The molecule has 0 heterocycles. The van der Waals surface area contributed by atoms with Crippen molar-refractivity contribution in [2.24, 2.45) is 0 Å². The zero-order valence-corrected chi connectivity index (χ0v) is 11.9. The van der Waals surface area contributed by atoms with Crippen LogP contribution in [-0.2, 0) is 6.42 Å². The van der Waals surface area contributed by atoms with Crippen molar-refractivity contribution in [1.82, 2.24) is 5.32 Å². The van der Waals surface area contributed by atoms with Gasteiger partial charge in [0.15, 0.2) is 0 Å². The van der Waals surface area contributed by atoms with Gasteiger partial charge in [-0.1, -0.05) is 50.1 Å². The molecular formula is C15H24ClN. The number of benzene rings is 1. The zero-order chi connectivity index (χ0) is 12.7. The molecule has 0 aliphatic carbocycles. The average molecular weight is 254 g/mol. The quantitative estimate of drug-likeness (QED) is 0.758. The van der Waals surface area contributed by atoms with Crippen LogP contribution in [0.4, 0.5) is 0 Å². The second-order valence-corrected chi connectivity index (χ2v) is 5.16. The van der Waals surface area contributed by atoms with E-state index in [1.54, 1.807) is 0 Å². The highest BCUT2D eigenvalue weighted by Crippen LogP contribution is 2.17. The van der Waals surface area contributed by atoms with Gasteiger partial charge in [0.1, 0.15) is 0 Å². The molecule has 1 aromatic carbocycles. The van der Waals surface area contributed by atoms with Crippen LogP contribution in [0.1, 0.15) is 45.6 Å². The Hall–Kier alpha value is -0.530. The van der Waals surface area contributed by atoms with Gasteiger partial charge < -0.3 is 5.32 Å². The lowest BCUT2D eigenvalue weighted by Gasteiger charge is -2.22. The van der Waals surface area contributed by atoms with E-state index in [0.29, 0.717) is 12.1 Å². The van der Waals surface area contributed by atoms with Crippen LogP contribution in [0.25, 0.3) is 0 Å². The maximum Gasteiger partial charge on any atom is 0.0438 e. The van der Waals surface area contributed by atoms with Crippen LogP contribution in [0, 0.1) is 0 Å². The van der Waals surface area contributed by atoms with Crippen molar-refractivity contribution < 1.29 is 0 Å². The molecule has 0 aromatic heterocycles. The van der Waals surface area contributed by atoms with Crippen LogP contribution >= 0.6 is 11.6 Å². The van der Waals surface area contributed by atoms with E-state index in [1.165, 1.54) is 24.8 Å². The van der Waals surface area contributed by atoms with Crippen LogP contribution in [-0.4, -0.2) is 12.1 Å². The highest BCUT2D eigenvalue weighted by Gasteiger charge is 2.11. The van der Waals surface area contributed by atoms with Gasteiger partial charge in [-0.2, -0.15) is 0 Å². The molecule has 0 spiro atoms. The Morgan fingerprint density at radius 2 is 1.94 bits per heavy atom. The molecule has 1 N–H and O–H groups in total. The van der Waals surface area contributed by atoms with Crippen LogP contribution in [0.2, 0.25) is 5.02 Å². The number of hydrogen-bond acceptors (Lipinski definition) is 1. The van der Waals surface area contributed by atoms with E-state index in [0.717, 1.165) is 11.4 Å². The number of hydrogen-bond donors (Lipinski definition) is 1. The Balaban J connectivity index is 2.49. The molecule has 0 amide bonds. The summed E-state index contributed by atoms with van der Waals surface area (Å²) in [6, 6.07) is 9.23. The van der Waals surface area contributed by atoms with Gasteiger partial charge >= 0.3 is 0 Å². The highest BCUT2D eigenvalue weighted by molar-refractivity contribution is 6.31. The lowest BCUT2D eigenvalue weighted by atomic mass is 10.0. The van der Waals surface area contributed by atoms with Crippen molar-refractivity contribution in [3.05, 3.63) is 34.9 Å². The molecule has 0 saturated carbocycles. The number of halogens is 1. The fourth-order valence-electron chi connectivity index (χ4n) is 2.21. The Bertz CT molecular complexity index is 324. The summed E-state index contributed by atoms with van der Waals surface area (Å²) in [5.74, 6) is 0. The fraction of sp³-hybridized carbons (Fsp3) is 0.600. The minimum absolute atomic E-state index is 0.478. The molecular weight excluding hydrogens is 230 g/mol. The van der Waals surface area contributed by atoms with E-state index >= 15 is 0 Å². The monoisotopic (exact) mass is 253 g/mol. The van der Waals surface area contributed by atoms with Crippen molar-refractivity contribution in [3.8, 4) is 0 Å². The molecule has 0 bridgehead atoms. The third kappa shape index (κ3) is 5.10. The summed E-state index contributed by atoms with van der Waals surface area (Å²) >= 11 is 6.17. The summed E-state index contributed by atoms with van der Waals surface area (Å²) < 4.78 is 0. The van der Waals surface area contributed by atoms with Crippen molar-refractivity contribution >= 4 is 11.6 Å². The summed E-state index contributed by atoms with van der Waals surface area (Å²) in [6.07, 6.45) is 4.69. The Kier molecular flexibility index (Phi) is 6.61. The molecule has 0 fully saturated rings. The minimum atomic E-state index is 0.478. The van der Waals surface area contributed by atoms with E-state index in [9.17, 15) is 0 Å². The largest absolute Gasteiger partial charge is 0.311 e. The first kappa shape index (κ1) is 14.5. The van der Waals surface area contributed by atoms with E-state index in [4.69, 9.17) is 11.6 Å². The molecule has 1 nitrogen and oxygen atoms in total. The van der Waals surface area contributed by atoms with E-state index < -0.39 is 0 Å². The summed E-state index contributed by atoms with van der Waals surface area (Å²) in [6.45, 7) is 6.72. The first-order valence-electron chi connectivity index (χ1n) is 6.66. The zero-order valence-electron chi connectivity index (χ0n) is 11.2. The third-order valence-electron chi connectivity index (χ3n) is 3.13. The molecule has 0 saturated heterocycles. The van der Waals surface area contributed by atoms with Crippen molar-refractivity contribution in [3.63, 3.8) is 0 Å². The van der Waals surface area contributed by atoms with Gasteiger partial charge in [-0.05, 0) is 37.8 Å².